The van der Waals surface area contributed by atoms with E-state index in [0.717, 1.165) is 10.8 Å². The molecule has 0 spiro atoms. The molecule has 0 aromatic heterocycles. The summed E-state index contributed by atoms with van der Waals surface area (Å²) in [6.45, 7) is 1.18. The van der Waals surface area contributed by atoms with Gasteiger partial charge in [-0.05, 0) is 54.1 Å². The Labute approximate surface area is 163 Å². The largest absolute Gasteiger partial charge is 0.497 e. The summed E-state index contributed by atoms with van der Waals surface area (Å²) in [5.74, 6) is 0.156. The fourth-order valence-corrected chi connectivity index (χ4v) is 2.62. The average Bonchev–Trinajstić information content (AvgIpc) is 2.72. The third-order valence-corrected chi connectivity index (χ3v) is 4.08. The summed E-state index contributed by atoms with van der Waals surface area (Å²) in [5.41, 5.74) is 0.641. The van der Waals surface area contributed by atoms with E-state index in [1.807, 2.05) is 36.4 Å². The van der Waals surface area contributed by atoms with Crippen LogP contribution in [0.5, 0.6) is 11.5 Å². The van der Waals surface area contributed by atoms with Gasteiger partial charge in [-0.1, -0.05) is 30.3 Å². The average molecular weight is 379 g/mol. The second-order valence-electron chi connectivity index (χ2n) is 6.15. The standard InChI is InChI=1S/C22H21NO5/c1-15(28-20-11-9-19(26-2)10-12-20)22(25)27-14-21(24)23-18-8-7-16-5-3-4-6-17(16)13-18/h3-13,15H,14H2,1-2H3,(H,23,24). The molecule has 3 aromatic carbocycles. The SMILES string of the molecule is COc1ccc(OC(C)C(=O)OCC(=O)Nc2ccc3ccccc3c2)cc1. The highest BCUT2D eigenvalue weighted by Crippen LogP contribution is 2.19. The maximum Gasteiger partial charge on any atom is 0.347 e. The first-order valence-corrected chi connectivity index (χ1v) is 8.81. The minimum Gasteiger partial charge on any atom is -0.497 e. The quantitative estimate of drug-likeness (QED) is 0.632. The highest BCUT2D eigenvalue weighted by molar-refractivity contribution is 5.95. The van der Waals surface area contributed by atoms with Crippen LogP contribution in [0, 0.1) is 0 Å². The molecule has 1 atom stereocenters. The highest BCUT2D eigenvalue weighted by atomic mass is 16.6. The van der Waals surface area contributed by atoms with Gasteiger partial charge in [0.2, 0.25) is 0 Å². The van der Waals surface area contributed by atoms with E-state index < -0.39 is 18.0 Å². The summed E-state index contributed by atoms with van der Waals surface area (Å²) in [6.07, 6.45) is -0.845. The van der Waals surface area contributed by atoms with Crippen LogP contribution in [0.25, 0.3) is 10.8 Å². The number of hydrogen-bond acceptors (Lipinski definition) is 5. The lowest BCUT2D eigenvalue weighted by Gasteiger charge is -2.14. The predicted molar refractivity (Wildman–Crippen MR) is 107 cm³/mol. The molecule has 3 rings (SSSR count). The van der Waals surface area contributed by atoms with Crippen molar-refractivity contribution in [2.24, 2.45) is 0 Å². The zero-order chi connectivity index (χ0) is 19.9. The number of ether oxygens (including phenoxy) is 3. The second kappa shape index (κ2) is 8.90. The predicted octanol–water partition coefficient (Wildman–Crippen LogP) is 3.80. The third kappa shape index (κ3) is 5.01. The monoisotopic (exact) mass is 379 g/mol. The van der Waals surface area contributed by atoms with Crippen molar-refractivity contribution >= 4 is 28.3 Å². The van der Waals surface area contributed by atoms with E-state index in [9.17, 15) is 9.59 Å². The highest BCUT2D eigenvalue weighted by Gasteiger charge is 2.18. The molecule has 6 nitrogen and oxygen atoms in total. The minimum atomic E-state index is -0.845. The number of benzene rings is 3. The van der Waals surface area contributed by atoms with Gasteiger partial charge >= 0.3 is 5.97 Å². The number of nitrogens with one attached hydrogen (secondary N) is 1. The van der Waals surface area contributed by atoms with Crippen LogP contribution in [-0.4, -0.2) is 31.7 Å². The van der Waals surface area contributed by atoms with Crippen LogP contribution >= 0.6 is 0 Å². The number of rotatable bonds is 7. The Kier molecular flexibility index (Phi) is 6.11. The lowest BCUT2D eigenvalue weighted by atomic mass is 10.1. The van der Waals surface area contributed by atoms with Gasteiger partial charge in [0.1, 0.15) is 11.5 Å². The number of esters is 1. The summed E-state index contributed by atoms with van der Waals surface area (Å²) in [5, 5.41) is 4.81. The molecule has 0 bridgehead atoms. The van der Waals surface area contributed by atoms with Crippen LogP contribution in [0.2, 0.25) is 0 Å². The number of carbonyl (C=O) groups excluding carboxylic acids is 2. The Morgan fingerprint density at radius 3 is 2.32 bits per heavy atom. The van der Waals surface area contributed by atoms with Crippen LogP contribution in [0.15, 0.2) is 66.7 Å². The Balaban J connectivity index is 1.49. The number of hydrogen-bond donors (Lipinski definition) is 1. The summed E-state index contributed by atoms with van der Waals surface area (Å²) in [6, 6.07) is 20.3. The second-order valence-corrected chi connectivity index (χ2v) is 6.15. The fraction of sp³-hybridized carbons (Fsp3) is 0.182. The zero-order valence-electron chi connectivity index (χ0n) is 15.7. The van der Waals surface area contributed by atoms with Crippen LogP contribution in [0.1, 0.15) is 6.92 Å². The van der Waals surface area contributed by atoms with Gasteiger partial charge in [0.15, 0.2) is 12.7 Å². The Hall–Kier alpha value is -3.54. The molecule has 0 aliphatic carbocycles. The molecule has 144 valence electrons. The van der Waals surface area contributed by atoms with E-state index in [1.165, 1.54) is 0 Å². The molecule has 0 fully saturated rings. The minimum absolute atomic E-state index is 0.387. The Morgan fingerprint density at radius 2 is 1.61 bits per heavy atom. The lowest BCUT2D eigenvalue weighted by molar-refractivity contribution is -0.153. The van der Waals surface area contributed by atoms with Crippen molar-refractivity contribution in [3.8, 4) is 11.5 Å². The van der Waals surface area contributed by atoms with Crippen molar-refractivity contribution < 1.29 is 23.8 Å². The van der Waals surface area contributed by atoms with Crippen molar-refractivity contribution in [1.82, 2.24) is 0 Å². The first kappa shape index (κ1) is 19.2. The maximum absolute atomic E-state index is 12.1. The van der Waals surface area contributed by atoms with Crippen LogP contribution in [0.4, 0.5) is 5.69 Å². The van der Waals surface area contributed by atoms with E-state index in [2.05, 4.69) is 5.32 Å². The van der Waals surface area contributed by atoms with Gasteiger partial charge in [0.25, 0.3) is 5.91 Å². The smallest absolute Gasteiger partial charge is 0.347 e. The molecule has 0 aliphatic heterocycles. The van der Waals surface area contributed by atoms with E-state index in [0.29, 0.717) is 17.2 Å². The number of methoxy groups -OCH3 is 1. The van der Waals surface area contributed by atoms with Gasteiger partial charge in [-0.15, -0.1) is 0 Å². The van der Waals surface area contributed by atoms with E-state index in [4.69, 9.17) is 14.2 Å². The first-order chi connectivity index (χ1) is 13.5. The number of fused-ring (bicyclic) bond motifs is 1. The first-order valence-electron chi connectivity index (χ1n) is 8.81. The van der Waals surface area contributed by atoms with Crippen LogP contribution in [0.3, 0.4) is 0 Å². The molecule has 0 saturated carbocycles. The number of amides is 1. The molecule has 1 N–H and O–H groups in total. The molecule has 6 heteroatoms. The molecule has 0 aliphatic rings. The number of carbonyl (C=O) groups is 2. The molecule has 28 heavy (non-hydrogen) atoms. The van der Waals surface area contributed by atoms with Crippen molar-refractivity contribution in [2.45, 2.75) is 13.0 Å². The van der Waals surface area contributed by atoms with Gasteiger partial charge in [-0.25, -0.2) is 4.79 Å². The van der Waals surface area contributed by atoms with Crippen LogP contribution in [-0.2, 0) is 14.3 Å². The topological polar surface area (TPSA) is 73.9 Å². The molecular weight excluding hydrogens is 358 g/mol. The Bertz CT molecular complexity index is 968. The number of anilines is 1. The van der Waals surface area contributed by atoms with Crippen molar-refractivity contribution in [1.29, 1.82) is 0 Å². The lowest BCUT2D eigenvalue weighted by Crippen LogP contribution is -2.29. The third-order valence-electron chi connectivity index (χ3n) is 4.08. The molecule has 1 amide bonds. The molecule has 0 radical (unpaired) electrons. The molecule has 1 unspecified atom stereocenters. The summed E-state index contributed by atoms with van der Waals surface area (Å²) in [4.78, 5) is 24.1. The van der Waals surface area contributed by atoms with E-state index >= 15 is 0 Å². The van der Waals surface area contributed by atoms with Gasteiger partial charge < -0.3 is 19.5 Å². The van der Waals surface area contributed by atoms with E-state index in [1.54, 1.807) is 44.4 Å². The molecule has 0 heterocycles. The van der Waals surface area contributed by atoms with Crippen molar-refractivity contribution in [2.75, 3.05) is 19.0 Å². The van der Waals surface area contributed by atoms with Gasteiger partial charge in [-0.2, -0.15) is 0 Å². The normalized spacial score (nSPS) is 11.5. The van der Waals surface area contributed by atoms with Crippen LogP contribution < -0.4 is 14.8 Å². The Morgan fingerprint density at radius 1 is 0.929 bits per heavy atom. The van der Waals surface area contributed by atoms with Gasteiger partial charge in [0.05, 0.1) is 7.11 Å². The summed E-state index contributed by atoms with van der Waals surface area (Å²) in [7, 11) is 1.57. The van der Waals surface area contributed by atoms with E-state index in [-0.39, 0.29) is 6.61 Å². The van der Waals surface area contributed by atoms with Gasteiger partial charge in [0, 0.05) is 5.69 Å². The summed E-state index contributed by atoms with van der Waals surface area (Å²) >= 11 is 0. The van der Waals surface area contributed by atoms with Gasteiger partial charge in [-0.3, -0.25) is 4.79 Å². The molecule has 0 saturated heterocycles. The zero-order valence-corrected chi connectivity index (χ0v) is 15.7. The maximum atomic E-state index is 12.1. The van der Waals surface area contributed by atoms with Crippen molar-refractivity contribution in [3.05, 3.63) is 66.7 Å². The van der Waals surface area contributed by atoms with Crippen molar-refractivity contribution in [3.63, 3.8) is 0 Å². The molecule has 3 aromatic rings. The fourth-order valence-electron chi connectivity index (χ4n) is 2.62. The molecular formula is C22H21NO5. The summed E-state index contributed by atoms with van der Waals surface area (Å²) < 4.78 is 15.6.